The van der Waals surface area contributed by atoms with Crippen molar-refractivity contribution in [3.63, 3.8) is 0 Å². The zero-order chi connectivity index (χ0) is 25.6. The van der Waals surface area contributed by atoms with Crippen LogP contribution in [0.15, 0.2) is 24.7 Å². The number of nitrogens with zero attached hydrogens (tertiary/aromatic N) is 6. The summed E-state index contributed by atoms with van der Waals surface area (Å²) in [6.07, 6.45) is 1.13. The van der Waals surface area contributed by atoms with Crippen LogP contribution in [0.1, 0.15) is 37.0 Å². The number of rotatable bonds is 6. The fourth-order valence-electron chi connectivity index (χ4n) is 4.24. The second-order valence-electron chi connectivity index (χ2n) is 9.06. The number of carbonyl (C=O) groups excluding carboxylic acids is 1. The maximum Gasteiger partial charge on any atom is 0.407 e. The number of fused-ring (bicyclic) bond motifs is 1. The van der Waals surface area contributed by atoms with Gasteiger partial charge in [0.25, 0.3) is 0 Å². The number of aromatic amines is 1. The first-order valence-corrected chi connectivity index (χ1v) is 11.6. The van der Waals surface area contributed by atoms with Crippen molar-refractivity contribution in [3.8, 4) is 11.1 Å². The summed E-state index contributed by atoms with van der Waals surface area (Å²) in [5.74, 6) is 0.925. The first-order chi connectivity index (χ1) is 17.2. The monoisotopic (exact) mass is 497 g/mol. The Hall–Kier alpha value is -4.00. The third-order valence-electron chi connectivity index (χ3n) is 6.13. The van der Waals surface area contributed by atoms with Crippen molar-refractivity contribution in [1.82, 2.24) is 39.7 Å². The van der Waals surface area contributed by atoms with E-state index in [1.807, 2.05) is 25.3 Å². The molecule has 0 unspecified atom stereocenters. The molecule has 5 rings (SSSR count). The van der Waals surface area contributed by atoms with Crippen LogP contribution in [0.2, 0.25) is 0 Å². The fourth-order valence-corrected chi connectivity index (χ4v) is 4.24. The molecule has 0 aliphatic carbocycles. The molecule has 0 bridgehead atoms. The largest absolute Gasteiger partial charge is 0.441 e. The molecule has 13 heteroatoms. The van der Waals surface area contributed by atoms with Crippen LogP contribution in [0.25, 0.3) is 16.8 Å². The van der Waals surface area contributed by atoms with Crippen molar-refractivity contribution in [1.29, 1.82) is 0 Å². The number of aromatic nitrogens is 7. The molecule has 1 fully saturated rings. The molecule has 1 aliphatic heterocycles. The van der Waals surface area contributed by atoms with Crippen molar-refractivity contribution >= 4 is 23.5 Å². The third-order valence-corrected chi connectivity index (χ3v) is 6.13. The zero-order valence-corrected chi connectivity index (χ0v) is 20.6. The number of ether oxygens (including phenoxy) is 2. The number of hydrogen-bond donors (Lipinski definition) is 3. The fraction of sp³-hybridized carbons (Fsp3) is 0.435. The molecule has 3 atom stereocenters. The van der Waals surface area contributed by atoms with E-state index in [0.717, 1.165) is 28.2 Å². The highest BCUT2D eigenvalue weighted by molar-refractivity contribution is 5.82. The van der Waals surface area contributed by atoms with E-state index < -0.39 is 24.5 Å². The molecular weight excluding hydrogens is 469 g/mol. The summed E-state index contributed by atoms with van der Waals surface area (Å²) >= 11 is 0. The van der Waals surface area contributed by atoms with E-state index in [1.165, 1.54) is 0 Å². The summed E-state index contributed by atoms with van der Waals surface area (Å²) in [5.41, 5.74) is 4.76. The third kappa shape index (κ3) is 4.26. The van der Waals surface area contributed by atoms with Gasteiger partial charge in [0, 0.05) is 48.4 Å². The highest BCUT2D eigenvalue weighted by Crippen LogP contribution is 2.34. The highest BCUT2D eigenvalue weighted by Gasteiger charge is 2.42. The molecule has 5 heterocycles. The van der Waals surface area contributed by atoms with E-state index in [-0.39, 0.29) is 12.6 Å². The summed E-state index contributed by atoms with van der Waals surface area (Å²) in [6.45, 7) is 7.44. The molecule has 1 amide bonds. The summed E-state index contributed by atoms with van der Waals surface area (Å²) in [6, 6.07) is 1.53. The summed E-state index contributed by atoms with van der Waals surface area (Å²) in [4.78, 5) is 21.1. The number of hydrogen-bond acceptors (Lipinski definition) is 8. The molecule has 0 saturated carbocycles. The number of H-pyrrole nitrogens is 1. The Bertz CT molecular complexity index is 1410. The van der Waals surface area contributed by atoms with E-state index in [9.17, 15) is 4.79 Å². The lowest BCUT2D eigenvalue weighted by atomic mass is 10.1. The standard InChI is InChI=1S/C23H28FN9O3/c1-11(2)27-23(34)36-16-10-35-20(19(16)24)15-8-17(31-30-15)29-22-28-12(3)18(21-25-6-7-33(21)22)14-9-26-32(5)13(14)4/h6-9,11,16,19-20H,10H2,1-5H3,(H,27,34)(H2,28,29,30,31)/t16-,19+,20-/m0/s1. The number of halogens is 1. The van der Waals surface area contributed by atoms with Gasteiger partial charge in [0.15, 0.2) is 18.1 Å². The lowest BCUT2D eigenvalue weighted by Crippen LogP contribution is -2.36. The number of amides is 1. The van der Waals surface area contributed by atoms with E-state index in [0.29, 0.717) is 17.5 Å². The van der Waals surface area contributed by atoms with Crippen LogP contribution in [-0.4, -0.2) is 65.4 Å². The van der Waals surface area contributed by atoms with Crippen molar-refractivity contribution in [2.75, 3.05) is 11.9 Å². The van der Waals surface area contributed by atoms with E-state index in [4.69, 9.17) is 14.5 Å². The van der Waals surface area contributed by atoms with Gasteiger partial charge in [-0.2, -0.15) is 10.2 Å². The molecule has 1 saturated heterocycles. The number of alkyl carbamates (subject to hydrolysis) is 1. The Kier molecular flexibility index (Phi) is 6.08. The minimum Gasteiger partial charge on any atom is -0.441 e. The predicted molar refractivity (Wildman–Crippen MR) is 129 cm³/mol. The minimum atomic E-state index is -1.54. The molecule has 190 valence electrons. The van der Waals surface area contributed by atoms with Gasteiger partial charge in [-0.3, -0.25) is 14.2 Å². The lowest BCUT2D eigenvalue weighted by Gasteiger charge is -2.16. The van der Waals surface area contributed by atoms with Crippen LogP contribution in [0, 0.1) is 13.8 Å². The van der Waals surface area contributed by atoms with Gasteiger partial charge in [0.2, 0.25) is 5.95 Å². The molecule has 4 aromatic rings. The number of aryl methyl sites for hydroxylation is 2. The molecule has 0 radical (unpaired) electrons. The maximum atomic E-state index is 15.0. The van der Waals surface area contributed by atoms with Gasteiger partial charge in [-0.15, -0.1) is 0 Å². The molecule has 36 heavy (non-hydrogen) atoms. The Labute approximate surface area is 206 Å². The Morgan fingerprint density at radius 2 is 2.17 bits per heavy atom. The van der Waals surface area contributed by atoms with Gasteiger partial charge >= 0.3 is 6.09 Å². The quantitative estimate of drug-likeness (QED) is 0.370. The number of alkyl halides is 1. The topological polar surface area (TPSA) is 136 Å². The molecule has 3 N–H and O–H groups in total. The van der Waals surface area contributed by atoms with Crippen LogP contribution in [0.4, 0.5) is 21.0 Å². The van der Waals surface area contributed by atoms with Crippen molar-refractivity contribution in [2.24, 2.45) is 7.05 Å². The summed E-state index contributed by atoms with van der Waals surface area (Å²) in [7, 11) is 1.89. The normalized spacial score (nSPS) is 19.8. The average Bonchev–Trinajstić information content (AvgIpc) is 3.60. The first-order valence-electron chi connectivity index (χ1n) is 11.6. The Morgan fingerprint density at radius 1 is 1.36 bits per heavy atom. The molecule has 0 spiro atoms. The predicted octanol–water partition coefficient (Wildman–Crippen LogP) is 3.13. The number of carbonyl (C=O) groups is 1. The zero-order valence-electron chi connectivity index (χ0n) is 20.6. The smallest absolute Gasteiger partial charge is 0.407 e. The summed E-state index contributed by atoms with van der Waals surface area (Å²) in [5, 5.41) is 17.1. The number of anilines is 2. The molecular formula is C23H28FN9O3. The molecule has 12 nitrogen and oxygen atoms in total. The van der Waals surface area contributed by atoms with Crippen molar-refractivity contribution < 1.29 is 18.7 Å². The van der Waals surface area contributed by atoms with Gasteiger partial charge in [0.1, 0.15) is 11.8 Å². The second-order valence-corrected chi connectivity index (χ2v) is 9.06. The van der Waals surface area contributed by atoms with Gasteiger partial charge in [-0.1, -0.05) is 0 Å². The Balaban J connectivity index is 1.35. The summed E-state index contributed by atoms with van der Waals surface area (Å²) < 4.78 is 29.4. The molecule has 1 aliphatic rings. The first kappa shape index (κ1) is 23.7. The Morgan fingerprint density at radius 3 is 2.89 bits per heavy atom. The van der Waals surface area contributed by atoms with Crippen LogP contribution >= 0.6 is 0 Å². The molecule has 0 aromatic carbocycles. The van der Waals surface area contributed by atoms with Crippen LogP contribution in [0.3, 0.4) is 0 Å². The average molecular weight is 498 g/mol. The second kappa shape index (κ2) is 9.22. The van der Waals surface area contributed by atoms with E-state index in [2.05, 4.69) is 30.9 Å². The van der Waals surface area contributed by atoms with E-state index >= 15 is 4.39 Å². The van der Waals surface area contributed by atoms with Gasteiger partial charge in [-0.05, 0) is 27.7 Å². The lowest BCUT2D eigenvalue weighted by molar-refractivity contribution is 0.0615. The minimum absolute atomic E-state index is 0.0508. The maximum absolute atomic E-state index is 15.0. The van der Waals surface area contributed by atoms with Crippen molar-refractivity contribution in [3.05, 3.63) is 41.7 Å². The number of imidazole rings is 1. The van der Waals surface area contributed by atoms with E-state index in [1.54, 1.807) is 43.2 Å². The molecule has 4 aromatic heterocycles. The van der Waals surface area contributed by atoms with Gasteiger partial charge in [0.05, 0.1) is 24.2 Å². The van der Waals surface area contributed by atoms with Gasteiger partial charge < -0.3 is 20.1 Å². The highest BCUT2D eigenvalue weighted by atomic mass is 19.1. The van der Waals surface area contributed by atoms with Gasteiger partial charge in [-0.25, -0.2) is 19.2 Å². The number of nitrogens with one attached hydrogen (secondary N) is 3. The van der Waals surface area contributed by atoms with Crippen molar-refractivity contribution in [2.45, 2.75) is 52.1 Å². The van der Waals surface area contributed by atoms with Crippen LogP contribution in [0.5, 0.6) is 0 Å². The van der Waals surface area contributed by atoms with Crippen LogP contribution in [-0.2, 0) is 16.5 Å². The van der Waals surface area contributed by atoms with Crippen LogP contribution < -0.4 is 10.6 Å². The SMILES string of the molecule is Cc1nc(Nc2cc([C@@H]3OC[C@H](OC(=O)NC(C)C)[C@H]3F)[nH]n2)n2ccnc2c1-c1cnn(C)c1C.